The molecule has 0 radical (unpaired) electrons. The van der Waals surface area contributed by atoms with Crippen LogP contribution in [0.3, 0.4) is 0 Å². The lowest BCUT2D eigenvalue weighted by Gasteiger charge is -2.29. The van der Waals surface area contributed by atoms with Gasteiger partial charge in [0.1, 0.15) is 0 Å². The van der Waals surface area contributed by atoms with E-state index in [-0.39, 0.29) is 11.3 Å². The van der Waals surface area contributed by atoms with Crippen molar-refractivity contribution < 1.29 is 4.79 Å². The van der Waals surface area contributed by atoms with Crippen LogP contribution in [-0.2, 0) is 11.8 Å². The van der Waals surface area contributed by atoms with Crippen LogP contribution in [0.15, 0.2) is 48.5 Å². The number of carbonyl (C=O) groups is 1. The average Bonchev–Trinajstić information content (AvgIpc) is 2.53. The molecule has 0 aliphatic carbocycles. The monoisotopic (exact) mass is 293 g/mol. The first-order chi connectivity index (χ1) is 10.5. The minimum atomic E-state index is 0.104. The Kier molecular flexibility index (Phi) is 3.78. The van der Waals surface area contributed by atoms with Gasteiger partial charge in [0.15, 0.2) is 0 Å². The Labute approximate surface area is 132 Å². The third-order valence-corrected chi connectivity index (χ3v) is 4.35. The fourth-order valence-electron chi connectivity index (χ4n) is 3.01. The SMILES string of the molecule is CC(C)(C)c1ccc(C(=O)N2CCCc3ccccc32)cc1. The number of hydrogen-bond donors (Lipinski definition) is 0. The van der Waals surface area contributed by atoms with E-state index in [0.717, 1.165) is 30.6 Å². The molecule has 0 saturated carbocycles. The number of aryl methyl sites for hydroxylation is 1. The third kappa shape index (κ3) is 2.78. The van der Waals surface area contributed by atoms with Crippen LogP contribution >= 0.6 is 0 Å². The Morgan fingerprint density at radius 1 is 1.00 bits per heavy atom. The average molecular weight is 293 g/mol. The summed E-state index contributed by atoms with van der Waals surface area (Å²) in [4.78, 5) is 14.8. The Morgan fingerprint density at radius 2 is 1.68 bits per heavy atom. The molecule has 0 fully saturated rings. The first-order valence-electron chi connectivity index (χ1n) is 7.97. The van der Waals surface area contributed by atoms with Crippen molar-refractivity contribution in [1.29, 1.82) is 0 Å². The normalized spacial score (nSPS) is 14.6. The van der Waals surface area contributed by atoms with Gasteiger partial charge in [0, 0.05) is 17.8 Å². The number of benzene rings is 2. The van der Waals surface area contributed by atoms with Gasteiger partial charge in [-0.3, -0.25) is 4.79 Å². The topological polar surface area (TPSA) is 20.3 Å². The van der Waals surface area contributed by atoms with Gasteiger partial charge >= 0.3 is 0 Å². The molecule has 3 rings (SSSR count). The van der Waals surface area contributed by atoms with E-state index in [1.54, 1.807) is 0 Å². The Hall–Kier alpha value is -2.09. The van der Waals surface area contributed by atoms with Crippen LogP contribution in [-0.4, -0.2) is 12.5 Å². The van der Waals surface area contributed by atoms with Crippen LogP contribution in [0.4, 0.5) is 5.69 Å². The summed E-state index contributed by atoms with van der Waals surface area (Å²) >= 11 is 0. The number of nitrogens with zero attached hydrogens (tertiary/aromatic N) is 1. The lowest BCUT2D eigenvalue weighted by Crippen LogP contribution is -2.35. The van der Waals surface area contributed by atoms with Crippen molar-refractivity contribution in [2.75, 3.05) is 11.4 Å². The van der Waals surface area contributed by atoms with E-state index in [2.05, 4.69) is 45.0 Å². The molecule has 114 valence electrons. The number of rotatable bonds is 1. The highest BCUT2D eigenvalue weighted by molar-refractivity contribution is 6.06. The maximum atomic E-state index is 12.8. The molecular formula is C20H23NO. The van der Waals surface area contributed by atoms with Gasteiger partial charge in [-0.2, -0.15) is 0 Å². The van der Waals surface area contributed by atoms with Crippen molar-refractivity contribution in [2.45, 2.75) is 39.0 Å². The summed E-state index contributed by atoms with van der Waals surface area (Å²) in [6.45, 7) is 7.36. The molecule has 1 aliphatic heterocycles. The van der Waals surface area contributed by atoms with Crippen LogP contribution in [0.2, 0.25) is 0 Å². The van der Waals surface area contributed by atoms with E-state index < -0.39 is 0 Å². The largest absolute Gasteiger partial charge is 0.308 e. The van der Waals surface area contributed by atoms with Gasteiger partial charge in [-0.1, -0.05) is 51.1 Å². The summed E-state index contributed by atoms with van der Waals surface area (Å²) in [6, 6.07) is 16.3. The fourth-order valence-corrected chi connectivity index (χ4v) is 3.01. The van der Waals surface area contributed by atoms with Crippen LogP contribution in [0.5, 0.6) is 0 Å². The Bertz CT molecular complexity index is 680. The standard InChI is InChI=1S/C20H23NO/c1-20(2,3)17-12-10-16(11-13-17)19(22)21-14-6-8-15-7-4-5-9-18(15)21/h4-5,7,9-13H,6,8,14H2,1-3H3. The maximum absolute atomic E-state index is 12.8. The molecule has 1 heterocycles. The van der Waals surface area contributed by atoms with Crippen LogP contribution in [0.1, 0.15) is 48.7 Å². The molecule has 0 N–H and O–H groups in total. The highest BCUT2D eigenvalue weighted by Crippen LogP contribution is 2.29. The number of fused-ring (bicyclic) bond motifs is 1. The van der Waals surface area contributed by atoms with Crippen molar-refractivity contribution in [3.63, 3.8) is 0 Å². The van der Waals surface area contributed by atoms with Gasteiger partial charge in [0.25, 0.3) is 5.91 Å². The highest BCUT2D eigenvalue weighted by atomic mass is 16.2. The van der Waals surface area contributed by atoms with Gasteiger partial charge in [-0.05, 0) is 47.6 Å². The number of anilines is 1. The smallest absolute Gasteiger partial charge is 0.258 e. The lowest BCUT2D eigenvalue weighted by atomic mass is 9.86. The highest BCUT2D eigenvalue weighted by Gasteiger charge is 2.23. The van der Waals surface area contributed by atoms with E-state index in [4.69, 9.17) is 0 Å². The molecule has 22 heavy (non-hydrogen) atoms. The zero-order valence-corrected chi connectivity index (χ0v) is 13.6. The van der Waals surface area contributed by atoms with Gasteiger partial charge in [0.05, 0.1) is 0 Å². The fraction of sp³-hybridized carbons (Fsp3) is 0.350. The molecule has 1 aliphatic rings. The van der Waals surface area contributed by atoms with Gasteiger partial charge < -0.3 is 4.90 Å². The number of carbonyl (C=O) groups excluding carboxylic acids is 1. The second-order valence-electron chi connectivity index (χ2n) is 7.02. The molecule has 0 atom stereocenters. The lowest BCUT2D eigenvalue weighted by molar-refractivity contribution is 0.0985. The quantitative estimate of drug-likeness (QED) is 0.754. The molecule has 0 unspecified atom stereocenters. The summed E-state index contributed by atoms with van der Waals surface area (Å²) in [5.41, 5.74) is 4.47. The molecule has 0 saturated heterocycles. The number of para-hydroxylation sites is 1. The Balaban J connectivity index is 1.89. The first-order valence-corrected chi connectivity index (χ1v) is 7.97. The molecule has 0 bridgehead atoms. The van der Waals surface area contributed by atoms with Crippen molar-refractivity contribution in [1.82, 2.24) is 0 Å². The van der Waals surface area contributed by atoms with Crippen LogP contribution in [0, 0.1) is 0 Å². The third-order valence-electron chi connectivity index (χ3n) is 4.35. The van der Waals surface area contributed by atoms with E-state index in [1.165, 1.54) is 11.1 Å². The molecule has 2 nitrogen and oxygen atoms in total. The Morgan fingerprint density at radius 3 is 2.36 bits per heavy atom. The van der Waals surface area contributed by atoms with Crippen molar-refractivity contribution in [2.24, 2.45) is 0 Å². The molecular weight excluding hydrogens is 270 g/mol. The predicted molar refractivity (Wildman–Crippen MR) is 91.6 cm³/mol. The summed E-state index contributed by atoms with van der Waals surface area (Å²) in [5, 5.41) is 0. The minimum Gasteiger partial charge on any atom is -0.308 e. The minimum absolute atomic E-state index is 0.104. The second kappa shape index (κ2) is 5.60. The van der Waals surface area contributed by atoms with Gasteiger partial charge in [-0.25, -0.2) is 0 Å². The predicted octanol–water partition coefficient (Wildman–Crippen LogP) is 4.58. The summed E-state index contributed by atoms with van der Waals surface area (Å²) in [7, 11) is 0. The second-order valence-corrected chi connectivity index (χ2v) is 7.02. The summed E-state index contributed by atoms with van der Waals surface area (Å²) in [5.74, 6) is 0.104. The van der Waals surface area contributed by atoms with E-state index >= 15 is 0 Å². The zero-order valence-electron chi connectivity index (χ0n) is 13.6. The van der Waals surface area contributed by atoms with Crippen molar-refractivity contribution >= 4 is 11.6 Å². The van der Waals surface area contributed by atoms with Crippen molar-refractivity contribution in [3.05, 3.63) is 65.2 Å². The summed E-state index contributed by atoms with van der Waals surface area (Å²) in [6.07, 6.45) is 2.09. The molecule has 1 amide bonds. The molecule has 0 aromatic heterocycles. The molecule has 2 aromatic rings. The number of hydrogen-bond acceptors (Lipinski definition) is 1. The van der Waals surface area contributed by atoms with Gasteiger partial charge in [0.2, 0.25) is 0 Å². The molecule has 2 aromatic carbocycles. The van der Waals surface area contributed by atoms with E-state index in [0.29, 0.717) is 0 Å². The molecule has 2 heteroatoms. The van der Waals surface area contributed by atoms with Crippen LogP contribution in [0.25, 0.3) is 0 Å². The van der Waals surface area contributed by atoms with Gasteiger partial charge in [-0.15, -0.1) is 0 Å². The van der Waals surface area contributed by atoms with E-state index in [9.17, 15) is 4.79 Å². The van der Waals surface area contributed by atoms with E-state index in [1.807, 2.05) is 29.2 Å². The number of amides is 1. The zero-order chi connectivity index (χ0) is 15.7. The maximum Gasteiger partial charge on any atom is 0.258 e. The van der Waals surface area contributed by atoms with Crippen molar-refractivity contribution in [3.8, 4) is 0 Å². The van der Waals surface area contributed by atoms with Crippen LogP contribution < -0.4 is 4.90 Å². The molecule has 0 spiro atoms. The first kappa shape index (κ1) is 14.8. The summed E-state index contributed by atoms with van der Waals surface area (Å²) < 4.78 is 0.